The highest BCUT2D eigenvalue weighted by atomic mass is 32.1. The fourth-order valence-electron chi connectivity index (χ4n) is 2.73. The second kappa shape index (κ2) is 7.01. The molecule has 0 radical (unpaired) electrons. The molecule has 2 aromatic heterocycles. The van der Waals surface area contributed by atoms with Crippen LogP contribution in [-0.2, 0) is 4.79 Å². The number of aromatic nitrogens is 3. The molecule has 0 aliphatic heterocycles. The van der Waals surface area contributed by atoms with Crippen molar-refractivity contribution in [3.8, 4) is 10.7 Å². The molecule has 0 aromatic carbocycles. The Balaban J connectivity index is 1.52. The molecule has 3 rings (SSSR count). The van der Waals surface area contributed by atoms with Crippen LogP contribution in [-0.4, -0.2) is 56.3 Å². The van der Waals surface area contributed by atoms with E-state index in [1.807, 2.05) is 30.0 Å². The van der Waals surface area contributed by atoms with Gasteiger partial charge in [-0.05, 0) is 31.5 Å². The number of carboxylic acid groups (broad SMARTS) is 1. The van der Waals surface area contributed by atoms with Crippen LogP contribution in [0.5, 0.6) is 0 Å². The number of rotatable bonds is 7. The number of anilines is 1. The molecule has 7 nitrogen and oxygen atoms in total. The molecule has 2 N–H and O–H groups in total. The number of nitrogens with one attached hydrogen (secondary N) is 1. The Labute approximate surface area is 138 Å². The van der Waals surface area contributed by atoms with Gasteiger partial charge in [0.25, 0.3) is 0 Å². The molecule has 0 atom stereocenters. The first kappa shape index (κ1) is 15.8. The lowest BCUT2D eigenvalue weighted by Crippen LogP contribution is -2.51. The summed E-state index contributed by atoms with van der Waals surface area (Å²) in [5, 5.41) is 22.2. The van der Waals surface area contributed by atoms with Crippen LogP contribution in [0.15, 0.2) is 24.4 Å². The fraction of sp³-hybridized carbons (Fsp3) is 0.467. The molecule has 23 heavy (non-hydrogen) atoms. The van der Waals surface area contributed by atoms with Crippen LogP contribution in [0, 0.1) is 0 Å². The monoisotopic (exact) mass is 333 g/mol. The standard InChI is InChI=1S/C15H19N5O2S/c1-2-20(9-13(21)22)11-7-10(8-11)17-15-19-18-14(23-15)12-5-3-4-6-16-12/h3-6,10-11H,2,7-9H2,1H3,(H,17,19)(H,21,22). The summed E-state index contributed by atoms with van der Waals surface area (Å²) < 4.78 is 0. The molecule has 0 unspecified atom stereocenters. The highest BCUT2D eigenvalue weighted by Gasteiger charge is 2.34. The average molecular weight is 333 g/mol. The number of carbonyl (C=O) groups is 1. The van der Waals surface area contributed by atoms with Gasteiger partial charge in [-0.15, -0.1) is 10.2 Å². The third kappa shape index (κ3) is 3.83. The number of pyridine rings is 1. The van der Waals surface area contributed by atoms with E-state index in [1.54, 1.807) is 6.20 Å². The van der Waals surface area contributed by atoms with E-state index in [4.69, 9.17) is 5.11 Å². The Morgan fingerprint density at radius 1 is 1.43 bits per heavy atom. The first-order valence-electron chi connectivity index (χ1n) is 7.63. The van der Waals surface area contributed by atoms with Crippen molar-refractivity contribution in [2.24, 2.45) is 0 Å². The number of hydrogen-bond donors (Lipinski definition) is 2. The summed E-state index contributed by atoms with van der Waals surface area (Å²) in [6.45, 7) is 2.86. The molecule has 8 heteroatoms. The average Bonchev–Trinajstić information content (AvgIpc) is 2.98. The lowest BCUT2D eigenvalue weighted by Gasteiger charge is -2.42. The zero-order valence-corrected chi connectivity index (χ0v) is 13.7. The second-order valence-electron chi connectivity index (χ2n) is 5.55. The predicted molar refractivity (Wildman–Crippen MR) is 88.5 cm³/mol. The van der Waals surface area contributed by atoms with Crippen molar-refractivity contribution < 1.29 is 9.90 Å². The van der Waals surface area contributed by atoms with E-state index in [2.05, 4.69) is 20.5 Å². The molecule has 0 saturated heterocycles. The smallest absolute Gasteiger partial charge is 0.317 e. The molecule has 0 bridgehead atoms. The van der Waals surface area contributed by atoms with Gasteiger partial charge in [-0.25, -0.2) is 0 Å². The van der Waals surface area contributed by atoms with Gasteiger partial charge in [-0.3, -0.25) is 14.7 Å². The summed E-state index contributed by atoms with van der Waals surface area (Å²) in [7, 11) is 0. The van der Waals surface area contributed by atoms with E-state index in [9.17, 15) is 4.79 Å². The molecular weight excluding hydrogens is 314 g/mol. The molecule has 0 spiro atoms. The lowest BCUT2D eigenvalue weighted by molar-refractivity contribution is -0.139. The van der Waals surface area contributed by atoms with Gasteiger partial charge in [0.2, 0.25) is 5.13 Å². The number of carboxylic acids is 1. The third-order valence-corrected chi connectivity index (χ3v) is 4.89. The maximum atomic E-state index is 10.8. The van der Waals surface area contributed by atoms with Gasteiger partial charge in [0.1, 0.15) is 5.69 Å². The van der Waals surface area contributed by atoms with Crippen LogP contribution in [0.3, 0.4) is 0 Å². The topological polar surface area (TPSA) is 91.2 Å². The number of nitrogens with zero attached hydrogens (tertiary/aromatic N) is 4. The second-order valence-corrected chi connectivity index (χ2v) is 6.53. The maximum Gasteiger partial charge on any atom is 0.317 e. The molecule has 1 aliphatic carbocycles. The van der Waals surface area contributed by atoms with Crippen molar-refractivity contribution in [2.75, 3.05) is 18.4 Å². The molecule has 122 valence electrons. The van der Waals surface area contributed by atoms with E-state index in [-0.39, 0.29) is 6.54 Å². The molecule has 1 saturated carbocycles. The van der Waals surface area contributed by atoms with Gasteiger partial charge in [0, 0.05) is 18.3 Å². The molecule has 1 fully saturated rings. The summed E-state index contributed by atoms with van der Waals surface area (Å²) in [6.07, 6.45) is 3.60. The normalized spacial score (nSPS) is 20.3. The van der Waals surface area contributed by atoms with Gasteiger partial charge in [-0.2, -0.15) is 0 Å². The Hall–Kier alpha value is -2.06. The molecule has 2 aromatic rings. The first-order chi connectivity index (χ1) is 11.2. The third-order valence-electron chi connectivity index (χ3n) is 4.01. The minimum absolute atomic E-state index is 0.108. The van der Waals surface area contributed by atoms with Crippen molar-refractivity contribution >= 4 is 22.4 Å². The summed E-state index contributed by atoms with van der Waals surface area (Å²) in [5.41, 5.74) is 0.822. The largest absolute Gasteiger partial charge is 0.480 e. The molecule has 2 heterocycles. The summed E-state index contributed by atoms with van der Waals surface area (Å²) >= 11 is 1.49. The van der Waals surface area contributed by atoms with Crippen molar-refractivity contribution in [3.05, 3.63) is 24.4 Å². The van der Waals surface area contributed by atoms with Gasteiger partial charge >= 0.3 is 5.97 Å². The summed E-state index contributed by atoms with van der Waals surface area (Å²) in [4.78, 5) is 17.1. The zero-order chi connectivity index (χ0) is 16.2. The van der Waals surface area contributed by atoms with E-state index < -0.39 is 5.97 Å². The van der Waals surface area contributed by atoms with Gasteiger partial charge < -0.3 is 10.4 Å². The fourth-order valence-corrected chi connectivity index (χ4v) is 3.52. The van der Waals surface area contributed by atoms with Crippen molar-refractivity contribution in [1.82, 2.24) is 20.1 Å². The van der Waals surface area contributed by atoms with Crippen molar-refractivity contribution in [1.29, 1.82) is 0 Å². The lowest BCUT2D eigenvalue weighted by atomic mass is 9.85. The quantitative estimate of drug-likeness (QED) is 0.800. The van der Waals surface area contributed by atoms with Gasteiger partial charge in [0.05, 0.1) is 6.54 Å². The van der Waals surface area contributed by atoms with Crippen molar-refractivity contribution in [2.45, 2.75) is 31.8 Å². The van der Waals surface area contributed by atoms with Crippen LogP contribution < -0.4 is 5.32 Å². The number of aliphatic carboxylic acids is 1. The SMILES string of the molecule is CCN(CC(=O)O)C1CC(Nc2nnc(-c3ccccn3)s2)C1. The van der Waals surface area contributed by atoms with Crippen LogP contribution in [0.1, 0.15) is 19.8 Å². The molecular formula is C15H19N5O2S. The Kier molecular flexibility index (Phi) is 4.82. The van der Waals surface area contributed by atoms with E-state index in [1.165, 1.54) is 11.3 Å². The van der Waals surface area contributed by atoms with E-state index in [0.717, 1.165) is 35.2 Å². The Morgan fingerprint density at radius 3 is 2.91 bits per heavy atom. The highest BCUT2D eigenvalue weighted by molar-refractivity contribution is 7.18. The number of hydrogen-bond acceptors (Lipinski definition) is 7. The van der Waals surface area contributed by atoms with E-state index in [0.29, 0.717) is 12.1 Å². The van der Waals surface area contributed by atoms with Gasteiger partial charge in [-0.1, -0.05) is 24.3 Å². The van der Waals surface area contributed by atoms with Crippen molar-refractivity contribution in [3.63, 3.8) is 0 Å². The molecule has 1 aliphatic rings. The Morgan fingerprint density at radius 2 is 2.26 bits per heavy atom. The van der Waals surface area contributed by atoms with Crippen LogP contribution in [0.2, 0.25) is 0 Å². The van der Waals surface area contributed by atoms with E-state index >= 15 is 0 Å². The zero-order valence-electron chi connectivity index (χ0n) is 12.8. The van der Waals surface area contributed by atoms with Crippen LogP contribution in [0.25, 0.3) is 10.7 Å². The summed E-state index contributed by atoms with van der Waals surface area (Å²) in [5.74, 6) is -0.771. The summed E-state index contributed by atoms with van der Waals surface area (Å²) in [6, 6.07) is 6.36. The highest BCUT2D eigenvalue weighted by Crippen LogP contribution is 2.31. The number of likely N-dealkylation sites (N-methyl/N-ethyl adjacent to an activating group) is 1. The maximum absolute atomic E-state index is 10.8. The minimum atomic E-state index is -0.771. The minimum Gasteiger partial charge on any atom is -0.480 e. The first-order valence-corrected chi connectivity index (χ1v) is 8.44. The van der Waals surface area contributed by atoms with Crippen LogP contribution in [0.4, 0.5) is 5.13 Å². The van der Waals surface area contributed by atoms with Crippen LogP contribution >= 0.6 is 11.3 Å². The predicted octanol–water partition coefficient (Wildman–Crippen LogP) is 1.95. The van der Waals surface area contributed by atoms with Gasteiger partial charge in [0.15, 0.2) is 5.01 Å². The Bertz CT molecular complexity index is 657. The molecule has 0 amide bonds.